The van der Waals surface area contributed by atoms with Crippen molar-refractivity contribution in [1.82, 2.24) is 15.5 Å². The number of hydrogen-bond donors (Lipinski definition) is 3. The Labute approximate surface area is 138 Å². The predicted octanol–water partition coefficient (Wildman–Crippen LogP) is 2.27. The average molecular weight is 323 g/mol. The van der Waals surface area contributed by atoms with E-state index < -0.39 is 6.10 Å². The molecule has 1 aliphatic rings. The maximum absolute atomic E-state index is 12.1. The van der Waals surface area contributed by atoms with Crippen LogP contribution in [-0.4, -0.2) is 47.8 Å². The summed E-state index contributed by atoms with van der Waals surface area (Å²) in [5, 5.41) is 16.0. The highest BCUT2D eigenvalue weighted by Crippen LogP contribution is 2.18. The van der Waals surface area contributed by atoms with Gasteiger partial charge in [-0.05, 0) is 44.9 Å². The van der Waals surface area contributed by atoms with Crippen LogP contribution in [0, 0.1) is 0 Å². The van der Waals surface area contributed by atoms with Gasteiger partial charge in [-0.25, -0.2) is 4.79 Å². The fourth-order valence-corrected chi connectivity index (χ4v) is 3.06. The molecule has 2 amide bonds. The normalized spacial score (nSPS) is 19.3. The number of furan rings is 1. The molecule has 0 radical (unpaired) electrons. The van der Waals surface area contributed by atoms with Gasteiger partial charge in [-0.15, -0.1) is 0 Å². The van der Waals surface area contributed by atoms with Crippen molar-refractivity contribution in [3.8, 4) is 0 Å². The van der Waals surface area contributed by atoms with Gasteiger partial charge in [0.25, 0.3) is 0 Å². The number of rotatable bonds is 7. The number of urea groups is 1. The van der Waals surface area contributed by atoms with Gasteiger partial charge in [-0.1, -0.05) is 6.92 Å². The zero-order valence-electron chi connectivity index (χ0n) is 14.1. The SMILES string of the molecule is CCCN1CCC(NC(=O)NC(C)CC(O)c2ccco2)CC1. The van der Waals surface area contributed by atoms with Crippen molar-refractivity contribution in [3.05, 3.63) is 24.2 Å². The zero-order chi connectivity index (χ0) is 16.7. The van der Waals surface area contributed by atoms with E-state index in [2.05, 4.69) is 22.5 Å². The Kier molecular flexibility index (Phi) is 6.92. The lowest BCUT2D eigenvalue weighted by molar-refractivity contribution is 0.129. The van der Waals surface area contributed by atoms with Crippen LogP contribution in [0.1, 0.15) is 51.4 Å². The summed E-state index contributed by atoms with van der Waals surface area (Å²) in [5.74, 6) is 0.530. The fraction of sp³-hybridized carbons (Fsp3) is 0.706. The summed E-state index contributed by atoms with van der Waals surface area (Å²) in [4.78, 5) is 14.5. The minimum absolute atomic E-state index is 0.129. The molecule has 2 atom stereocenters. The number of aliphatic hydroxyl groups excluding tert-OH is 1. The number of amides is 2. The molecule has 2 unspecified atom stereocenters. The van der Waals surface area contributed by atoms with E-state index in [0.29, 0.717) is 12.2 Å². The van der Waals surface area contributed by atoms with Crippen LogP contribution in [0.2, 0.25) is 0 Å². The number of carbonyl (C=O) groups excluding carboxylic acids is 1. The molecule has 2 heterocycles. The van der Waals surface area contributed by atoms with Crippen molar-refractivity contribution < 1.29 is 14.3 Å². The number of nitrogens with zero attached hydrogens (tertiary/aromatic N) is 1. The van der Waals surface area contributed by atoms with Crippen LogP contribution in [0.3, 0.4) is 0 Å². The van der Waals surface area contributed by atoms with Gasteiger partial charge in [0.2, 0.25) is 0 Å². The van der Waals surface area contributed by atoms with Gasteiger partial charge < -0.3 is 25.1 Å². The number of nitrogens with one attached hydrogen (secondary N) is 2. The third-order valence-electron chi connectivity index (χ3n) is 4.29. The first-order valence-electron chi connectivity index (χ1n) is 8.59. The third-order valence-corrected chi connectivity index (χ3v) is 4.29. The molecule has 0 saturated carbocycles. The summed E-state index contributed by atoms with van der Waals surface area (Å²) in [6.45, 7) is 7.31. The highest BCUT2D eigenvalue weighted by atomic mass is 16.4. The minimum Gasteiger partial charge on any atom is -0.467 e. The van der Waals surface area contributed by atoms with Gasteiger partial charge >= 0.3 is 6.03 Å². The van der Waals surface area contributed by atoms with E-state index in [1.54, 1.807) is 12.1 Å². The molecule has 6 nitrogen and oxygen atoms in total. The summed E-state index contributed by atoms with van der Waals surface area (Å²) in [6, 6.07) is 3.44. The average Bonchev–Trinajstić information content (AvgIpc) is 3.03. The van der Waals surface area contributed by atoms with E-state index in [1.807, 2.05) is 6.92 Å². The van der Waals surface area contributed by atoms with Crippen molar-refractivity contribution in [2.45, 2.75) is 57.7 Å². The summed E-state index contributed by atoms with van der Waals surface area (Å²) in [6.07, 6.45) is 4.43. The first-order valence-corrected chi connectivity index (χ1v) is 8.59. The van der Waals surface area contributed by atoms with Gasteiger partial charge in [0.1, 0.15) is 11.9 Å². The molecule has 0 spiro atoms. The van der Waals surface area contributed by atoms with E-state index in [-0.39, 0.29) is 18.1 Å². The number of hydrogen-bond acceptors (Lipinski definition) is 4. The number of carbonyl (C=O) groups is 1. The maximum Gasteiger partial charge on any atom is 0.315 e. The summed E-state index contributed by atoms with van der Waals surface area (Å²) in [5.41, 5.74) is 0. The number of piperidine rings is 1. The first kappa shape index (κ1) is 17.8. The quantitative estimate of drug-likeness (QED) is 0.719. The van der Waals surface area contributed by atoms with Crippen molar-refractivity contribution in [2.75, 3.05) is 19.6 Å². The van der Waals surface area contributed by atoms with Gasteiger partial charge in [-0.2, -0.15) is 0 Å². The predicted molar refractivity (Wildman–Crippen MR) is 89.2 cm³/mol. The van der Waals surface area contributed by atoms with Gasteiger partial charge in [0, 0.05) is 31.6 Å². The molecule has 130 valence electrons. The molecule has 1 saturated heterocycles. The Bertz CT molecular complexity index is 456. The van der Waals surface area contributed by atoms with Crippen LogP contribution in [0.4, 0.5) is 4.79 Å². The molecule has 1 aromatic heterocycles. The highest BCUT2D eigenvalue weighted by Gasteiger charge is 2.21. The summed E-state index contributed by atoms with van der Waals surface area (Å²) in [7, 11) is 0. The monoisotopic (exact) mass is 323 g/mol. The van der Waals surface area contributed by atoms with E-state index >= 15 is 0 Å². The second-order valence-corrected chi connectivity index (χ2v) is 6.40. The van der Waals surface area contributed by atoms with Crippen LogP contribution < -0.4 is 10.6 Å². The fourth-order valence-electron chi connectivity index (χ4n) is 3.06. The lowest BCUT2D eigenvalue weighted by atomic mass is 10.1. The Morgan fingerprint density at radius 1 is 1.48 bits per heavy atom. The van der Waals surface area contributed by atoms with Crippen molar-refractivity contribution in [2.24, 2.45) is 0 Å². The molecule has 1 aliphatic heterocycles. The highest BCUT2D eigenvalue weighted by molar-refractivity contribution is 5.74. The Hall–Kier alpha value is -1.53. The molecule has 0 aromatic carbocycles. The van der Waals surface area contributed by atoms with Crippen molar-refractivity contribution in [3.63, 3.8) is 0 Å². The second-order valence-electron chi connectivity index (χ2n) is 6.40. The molecule has 1 fully saturated rings. The lowest BCUT2D eigenvalue weighted by Gasteiger charge is -2.32. The van der Waals surface area contributed by atoms with Crippen molar-refractivity contribution in [1.29, 1.82) is 0 Å². The minimum atomic E-state index is -0.697. The summed E-state index contributed by atoms with van der Waals surface area (Å²) < 4.78 is 5.17. The van der Waals surface area contributed by atoms with E-state index in [4.69, 9.17) is 4.42 Å². The molecule has 0 aliphatic carbocycles. The Balaban J connectivity index is 1.66. The number of aliphatic hydroxyl groups is 1. The number of likely N-dealkylation sites (tertiary alicyclic amines) is 1. The Morgan fingerprint density at radius 2 is 2.22 bits per heavy atom. The van der Waals surface area contributed by atoms with E-state index in [0.717, 1.165) is 32.5 Å². The topological polar surface area (TPSA) is 77.7 Å². The molecule has 0 bridgehead atoms. The molecule has 6 heteroatoms. The van der Waals surface area contributed by atoms with E-state index in [9.17, 15) is 9.90 Å². The van der Waals surface area contributed by atoms with Crippen LogP contribution in [0.5, 0.6) is 0 Å². The zero-order valence-corrected chi connectivity index (χ0v) is 14.1. The van der Waals surface area contributed by atoms with Crippen LogP contribution >= 0.6 is 0 Å². The largest absolute Gasteiger partial charge is 0.467 e. The smallest absolute Gasteiger partial charge is 0.315 e. The molecule has 1 aromatic rings. The van der Waals surface area contributed by atoms with Gasteiger partial charge in [0.15, 0.2) is 0 Å². The molecular weight excluding hydrogens is 294 g/mol. The molecule has 3 N–H and O–H groups in total. The van der Waals surface area contributed by atoms with Crippen LogP contribution in [0.25, 0.3) is 0 Å². The standard InChI is InChI=1S/C17H29N3O3/c1-3-8-20-9-6-14(7-10-20)19-17(22)18-13(2)12-15(21)16-5-4-11-23-16/h4-5,11,13-15,21H,3,6-10,12H2,1-2H3,(H2,18,19,22). The first-order chi connectivity index (χ1) is 11.1. The summed E-state index contributed by atoms with van der Waals surface area (Å²) >= 11 is 0. The van der Waals surface area contributed by atoms with Crippen molar-refractivity contribution >= 4 is 6.03 Å². The maximum atomic E-state index is 12.1. The van der Waals surface area contributed by atoms with E-state index in [1.165, 1.54) is 12.7 Å². The second kappa shape index (κ2) is 8.93. The van der Waals surface area contributed by atoms with Gasteiger partial charge in [0.05, 0.1) is 6.26 Å². The third kappa shape index (κ3) is 5.88. The molecule has 2 rings (SSSR count). The molecule has 23 heavy (non-hydrogen) atoms. The lowest BCUT2D eigenvalue weighted by Crippen LogP contribution is -2.49. The van der Waals surface area contributed by atoms with Gasteiger partial charge in [-0.3, -0.25) is 0 Å². The Morgan fingerprint density at radius 3 is 2.83 bits per heavy atom. The molecular formula is C17H29N3O3. The van der Waals surface area contributed by atoms with Crippen LogP contribution in [-0.2, 0) is 0 Å². The van der Waals surface area contributed by atoms with Crippen LogP contribution in [0.15, 0.2) is 22.8 Å².